The quantitative estimate of drug-likeness (QED) is 0.344. The van der Waals surface area contributed by atoms with Crippen LogP contribution in [0.4, 0.5) is 14.5 Å². The summed E-state index contributed by atoms with van der Waals surface area (Å²) in [6.07, 6.45) is 2.20. The molecule has 1 amide bonds. The van der Waals surface area contributed by atoms with Gasteiger partial charge in [0.15, 0.2) is 0 Å². The van der Waals surface area contributed by atoms with E-state index in [0.717, 1.165) is 41.6 Å². The van der Waals surface area contributed by atoms with E-state index in [1.165, 1.54) is 4.90 Å². The van der Waals surface area contributed by atoms with Crippen LogP contribution in [0, 0.1) is 0 Å². The first-order valence-electron chi connectivity index (χ1n) is 12.0. The second kappa shape index (κ2) is 11.0. The van der Waals surface area contributed by atoms with Gasteiger partial charge in [-0.2, -0.15) is 8.78 Å². The summed E-state index contributed by atoms with van der Waals surface area (Å²) in [6.45, 7) is 5.17. The summed E-state index contributed by atoms with van der Waals surface area (Å²) in [6, 6.07) is 8.17. The van der Waals surface area contributed by atoms with E-state index in [4.69, 9.17) is 9.73 Å². The maximum absolute atomic E-state index is 13.4. The van der Waals surface area contributed by atoms with Gasteiger partial charge in [-0.05, 0) is 44.8 Å². The molecule has 3 N–H and O–H groups in total. The lowest BCUT2D eigenvalue weighted by Crippen LogP contribution is -2.52. The van der Waals surface area contributed by atoms with Crippen LogP contribution < -0.4 is 19.1 Å². The predicted octanol–water partition coefficient (Wildman–Crippen LogP) is 1.38. The fourth-order valence-corrected chi connectivity index (χ4v) is 6.00. The van der Waals surface area contributed by atoms with Crippen molar-refractivity contribution >= 4 is 54.0 Å². The van der Waals surface area contributed by atoms with Gasteiger partial charge in [0.25, 0.3) is 5.91 Å². The zero-order chi connectivity index (χ0) is 25.1. The molecule has 2 saturated heterocycles. The molecule has 4 heterocycles. The minimum atomic E-state index is -3.33. The summed E-state index contributed by atoms with van der Waals surface area (Å²) in [4.78, 5) is 24.7. The maximum Gasteiger partial charge on any atom is 0.322 e. The number of amidine groups is 1. The molecule has 5 rings (SSSR count). The van der Waals surface area contributed by atoms with E-state index < -0.39 is 11.8 Å². The van der Waals surface area contributed by atoms with Gasteiger partial charge in [-0.15, -0.1) is 0 Å². The first-order chi connectivity index (χ1) is 17.4. The van der Waals surface area contributed by atoms with Crippen LogP contribution in [0.2, 0.25) is 0 Å². The van der Waals surface area contributed by atoms with Gasteiger partial charge in [0, 0.05) is 57.6 Å². The molecular formula is C24H30F2IN7O2. The number of nitrogens with zero attached hydrogens (tertiary/aromatic N) is 4. The van der Waals surface area contributed by atoms with Crippen molar-refractivity contribution in [3.63, 3.8) is 0 Å². The second-order valence-electron chi connectivity index (χ2n) is 9.11. The normalized spacial score (nSPS) is 25.9. The van der Waals surface area contributed by atoms with Crippen LogP contribution in [0.15, 0.2) is 40.3 Å². The second-order valence-corrected chi connectivity index (χ2v) is 10.9. The molecule has 0 aromatic heterocycles. The van der Waals surface area contributed by atoms with Gasteiger partial charge >= 0.3 is 5.92 Å². The van der Waals surface area contributed by atoms with Crippen LogP contribution >= 0.6 is 21.0 Å². The molecule has 2 unspecified atom stereocenters. The van der Waals surface area contributed by atoms with E-state index in [2.05, 4.69) is 30.1 Å². The van der Waals surface area contributed by atoms with E-state index in [0.29, 0.717) is 33.2 Å². The minimum absolute atomic E-state index is 0.0187. The lowest BCUT2D eigenvalue weighted by molar-refractivity contribution is -0.155. The average Bonchev–Trinajstić information content (AvgIpc) is 2.91. The van der Waals surface area contributed by atoms with Gasteiger partial charge in [-0.1, -0.05) is 12.1 Å². The number of fused-ring (bicyclic) bond motifs is 1. The predicted molar refractivity (Wildman–Crippen MR) is 146 cm³/mol. The number of carbonyl (C=O) groups excluding carboxylic acids is 1. The molecule has 4 aliphatic rings. The topological polar surface area (TPSA) is 93.6 Å². The van der Waals surface area contributed by atoms with Crippen molar-refractivity contribution in [3.05, 3.63) is 35.9 Å². The number of alkyl halides is 2. The van der Waals surface area contributed by atoms with Crippen LogP contribution in [-0.2, 0) is 9.53 Å². The molecular weight excluding hydrogens is 583 g/mol. The molecule has 36 heavy (non-hydrogen) atoms. The molecule has 1 aromatic rings. The SMILES string of the molecule is CC(F)(F)C(=O)N1CCN(c2ccc(C3=CC4NI=CN=C4C(=NCC4CNCCO4)N3)cc2)CC1. The summed E-state index contributed by atoms with van der Waals surface area (Å²) in [7, 11) is 0. The molecule has 1 aromatic carbocycles. The fourth-order valence-electron chi connectivity index (χ4n) is 4.54. The lowest BCUT2D eigenvalue weighted by atomic mass is 10.0. The number of halogens is 3. The Morgan fingerprint density at radius 3 is 2.72 bits per heavy atom. The number of benzene rings is 1. The number of carbonyl (C=O) groups is 1. The van der Waals surface area contributed by atoms with Crippen molar-refractivity contribution in [1.29, 1.82) is 0 Å². The molecule has 9 nitrogen and oxygen atoms in total. The third-order valence-electron chi connectivity index (χ3n) is 6.48. The highest BCUT2D eigenvalue weighted by Gasteiger charge is 2.37. The summed E-state index contributed by atoms with van der Waals surface area (Å²) in [5.41, 5.74) is 3.89. The number of rotatable bonds is 5. The van der Waals surface area contributed by atoms with E-state index >= 15 is 0 Å². The van der Waals surface area contributed by atoms with Crippen LogP contribution in [0.25, 0.3) is 5.70 Å². The number of hydrogen-bond acceptors (Lipinski definition) is 7. The van der Waals surface area contributed by atoms with Crippen molar-refractivity contribution < 1.29 is 18.3 Å². The van der Waals surface area contributed by atoms with Crippen molar-refractivity contribution in [2.45, 2.75) is 25.0 Å². The Balaban J connectivity index is 1.26. The van der Waals surface area contributed by atoms with E-state index in [1.807, 2.05) is 28.4 Å². The highest BCUT2D eigenvalue weighted by molar-refractivity contribution is 14.2. The number of nitrogens with one attached hydrogen (secondary N) is 3. The van der Waals surface area contributed by atoms with Crippen LogP contribution in [0.5, 0.6) is 0 Å². The third kappa shape index (κ3) is 5.82. The van der Waals surface area contributed by atoms with Crippen molar-refractivity contribution in [3.8, 4) is 0 Å². The summed E-state index contributed by atoms with van der Waals surface area (Å²) < 4.78 is 38.1. The average molecular weight is 613 g/mol. The summed E-state index contributed by atoms with van der Waals surface area (Å²) in [5, 5.41) is 6.80. The molecule has 0 radical (unpaired) electrons. The molecule has 0 spiro atoms. The number of anilines is 1. The minimum Gasteiger partial charge on any atom is -0.374 e. The van der Waals surface area contributed by atoms with Gasteiger partial charge in [0.2, 0.25) is 0 Å². The molecule has 0 bridgehead atoms. The molecule has 2 fully saturated rings. The van der Waals surface area contributed by atoms with Crippen LogP contribution in [0.3, 0.4) is 0 Å². The number of aliphatic imine (C=N–C) groups is 2. The number of amides is 1. The first kappa shape index (κ1) is 25.4. The maximum atomic E-state index is 13.4. The number of morpholine rings is 1. The number of ether oxygens (including phenoxy) is 1. The van der Waals surface area contributed by atoms with E-state index in [9.17, 15) is 13.6 Å². The van der Waals surface area contributed by atoms with Crippen LogP contribution in [0.1, 0.15) is 12.5 Å². The number of piperazine rings is 1. The lowest BCUT2D eigenvalue weighted by Gasteiger charge is -2.37. The first-order valence-corrected chi connectivity index (χ1v) is 14.4. The fraction of sp³-hybridized carbons (Fsp3) is 0.500. The smallest absolute Gasteiger partial charge is 0.322 e. The zero-order valence-electron chi connectivity index (χ0n) is 20.0. The highest BCUT2D eigenvalue weighted by Crippen LogP contribution is 2.24. The van der Waals surface area contributed by atoms with Crippen molar-refractivity contribution in [1.82, 2.24) is 19.1 Å². The van der Waals surface area contributed by atoms with Gasteiger partial charge in [0.05, 0.1) is 29.4 Å². The molecule has 0 aliphatic carbocycles. The molecule has 12 heteroatoms. The zero-order valence-corrected chi connectivity index (χ0v) is 22.2. The Kier molecular flexibility index (Phi) is 7.74. The van der Waals surface area contributed by atoms with Crippen molar-refractivity contribution in [2.24, 2.45) is 9.98 Å². The van der Waals surface area contributed by atoms with Crippen molar-refractivity contribution in [2.75, 3.05) is 57.3 Å². The Hall–Kier alpha value is -2.29. The Morgan fingerprint density at radius 1 is 1.25 bits per heavy atom. The Morgan fingerprint density at radius 2 is 2.03 bits per heavy atom. The van der Waals surface area contributed by atoms with Gasteiger partial charge < -0.3 is 25.2 Å². The van der Waals surface area contributed by atoms with Gasteiger partial charge in [0.1, 0.15) is 11.5 Å². The summed E-state index contributed by atoms with van der Waals surface area (Å²) >= 11 is -0.300. The molecule has 0 saturated carbocycles. The van der Waals surface area contributed by atoms with Crippen LogP contribution in [-0.4, -0.2) is 97.0 Å². The Bertz CT molecular complexity index is 1090. The van der Waals surface area contributed by atoms with Gasteiger partial charge in [-0.3, -0.25) is 13.3 Å². The molecule has 4 aliphatic heterocycles. The van der Waals surface area contributed by atoms with Gasteiger partial charge in [-0.25, -0.2) is 4.99 Å². The van der Waals surface area contributed by atoms with E-state index in [-0.39, 0.29) is 46.2 Å². The Labute approximate surface area is 219 Å². The highest BCUT2D eigenvalue weighted by atomic mass is 127. The third-order valence-corrected chi connectivity index (χ3v) is 8.07. The number of hydrogen-bond donors (Lipinski definition) is 3. The standard InChI is InChI=1S/C24H30F2IN7O2/c1-24(25,26)23(35)34-9-7-33(8-10-34)17-4-2-16(3-5-17)19-12-20-21(30-15-27-32-20)22(31-19)29-14-18-13-28-6-11-36-18/h2-5,12,15,18,20,28,32H,6-11,13-14H2,1H3,(H,29,31). The molecule has 2 atom stereocenters. The summed E-state index contributed by atoms with van der Waals surface area (Å²) in [5.74, 6) is -3.67. The molecule has 194 valence electrons. The largest absolute Gasteiger partial charge is 0.374 e. The van der Waals surface area contributed by atoms with E-state index in [1.54, 1.807) is 0 Å². The monoisotopic (exact) mass is 613 g/mol.